The highest BCUT2D eigenvalue weighted by Crippen LogP contribution is 2.22. The summed E-state index contributed by atoms with van der Waals surface area (Å²) in [4.78, 5) is 0. The van der Waals surface area contributed by atoms with Crippen LogP contribution in [0.4, 0.5) is 0 Å². The fraction of sp³-hybridized carbons (Fsp3) is 0.0400. The summed E-state index contributed by atoms with van der Waals surface area (Å²) < 4.78 is 0. The second-order valence-corrected chi connectivity index (χ2v) is 6.45. The van der Waals surface area contributed by atoms with Gasteiger partial charge in [0, 0.05) is 10.6 Å². The molecule has 0 radical (unpaired) electrons. The molecule has 0 aliphatic heterocycles. The third kappa shape index (κ3) is 5.46. The number of aliphatic hydroxyl groups is 1. The maximum absolute atomic E-state index is 11.2. The van der Waals surface area contributed by atoms with Crippen LogP contribution in [-0.2, 0) is 5.60 Å². The molecule has 0 saturated heterocycles. The van der Waals surface area contributed by atoms with Crippen molar-refractivity contribution in [3.8, 4) is 11.8 Å². The lowest BCUT2D eigenvalue weighted by Crippen LogP contribution is -2.20. The van der Waals surface area contributed by atoms with Crippen molar-refractivity contribution >= 4 is 17.7 Å². The molecule has 0 aliphatic carbocycles. The van der Waals surface area contributed by atoms with Crippen LogP contribution in [0, 0.1) is 11.8 Å². The van der Waals surface area contributed by atoms with Gasteiger partial charge in [-0.05, 0) is 41.5 Å². The highest BCUT2D eigenvalue weighted by atomic mass is 35.5. The predicted molar refractivity (Wildman–Crippen MR) is 113 cm³/mol. The van der Waals surface area contributed by atoms with Crippen molar-refractivity contribution in [2.24, 2.45) is 0 Å². The first-order valence-electron chi connectivity index (χ1n) is 8.63. The molecule has 3 aromatic carbocycles. The first-order valence-corrected chi connectivity index (χ1v) is 9.01. The quantitative estimate of drug-likeness (QED) is 0.451. The molecule has 0 spiro atoms. The van der Waals surface area contributed by atoms with E-state index in [-0.39, 0.29) is 0 Å². The summed E-state index contributed by atoms with van der Waals surface area (Å²) in [6.45, 7) is 0. The van der Waals surface area contributed by atoms with Gasteiger partial charge in [0.25, 0.3) is 0 Å². The van der Waals surface area contributed by atoms with Gasteiger partial charge < -0.3 is 5.11 Å². The summed E-state index contributed by atoms with van der Waals surface area (Å²) in [6.07, 6.45) is 7.39. The van der Waals surface area contributed by atoms with Crippen LogP contribution in [-0.4, -0.2) is 5.11 Å². The van der Waals surface area contributed by atoms with Crippen LogP contribution < -0.4 is 0 Å². The highest BCUT2D eigenvalue weighted by molar-refractivity contribution is 6.30. The van der Waals surface area contributed by atoms with E-state index in [9.17, 15) is 5.11 Å². The molecular formula is C25H19ClO. The Morgan fingerprint density at radius 3 is 2.07 bits per heavy atom. The lowest BCUT2D eigenvalue weighted by Gasteiger charge is -2.18. The second-order valence-electron chi connectivity index (χ2n) is 6.02. The minimum Gasteiger partial charge on any atom is -0.370 e. The Hall–Kier alpha value is -3.05. The van der Waals surface area contributed by atoms with Gasteiger partial charge in [0.2, 0.25) is 0 Å². The van der Waals surface area contributed by atoms with Crippen LogP contribution in [0.1, 0.15) is 16.7 Å². The lowest BCUT2D eigenvalue weighted by molar-refractivity contribution is 0.154. The molecule has 132 valence electrons. The normalized spacial score (nSPS) is 13.3. The molecule has 0 fully saturated rings. The van der Waals surface area contributed by atoms with Crippen molar-refractivity contribution in [2.75, 3.05) is 0 Å². The van der Waals surface area contributed by atoms with E-state index < -0.39 is 5.60 Å². The van der Waals surface area contributed by atoms with E-state index in [1.807, 2.05) is 91.0 Å². The SMILES string of the molecule is OC(C#Cc1ccc(Cl)cc1)(/C=C/C=C/c1ccccc1)c1ccccc1. The Balaban J connectivity index is 1.88. The van der Waals surface area contributed by atoms with Crippen molar-refractivity contribution in [1.82, 2.24) is 0 Å². The first kappa shape index (κ1) is 18.7. The third-order valence-electron chi connectivity index (χ3n) is 3.99. The topological polar surface area (TPSA) is 20.2 Å². The van der Waals surface area contributed by atoms with Crippen molar-refractivity contribution in [3.05, 3.63) is 125 Å². The van der Waals surface area contributed by atoms with E-state index in [1.165, 1.54) is 0 Å². The van der Waals surface area contributed by atoms with E-state index in [0.717, 1.165) is 16.7 Å². The Bertz CT molecular complexity index is 977. The van der Waals surface area contributed by atoms with Gasteiger partial charge in [0.1, 0.15) is 0 Å². The zero-order chi connectivity index (χ0) is 19.0. The van der Waals surface area contributed by atoms with Gasteiger partial charge >= 0.3 is 0 Å². The molecule has 1 unspecified atom stereocenters. The minimum atomic E-state index is -1.39. The molecule has 1 atom stereocenters. The average Bonchev–Trinajstić information content (AvgIpc) is 2.72. The van der Waals surface area contributed by atoms with Gasteiger partial charge in [-0.15, -0.1) is 0 Å². The maximum Gasteiger partial charge on any atom is 0.170 e. The Kier molecular flexibility index (Phi) is 6.28. The average molecular weight is 371 g/mol. The van der Waals surface area contributed by atoms with Crippen molar-refractivity contribution in [1.29, 1.82) is 0 Å². The molecule has 0 aliphatic rings. The van der Waals surface area contributed by atoms with Crippen molar-refractivity contribution < 1.29 is 5.11 Å². The summed E-state index contributed by atoms with van der Waals surface area (Å²) in [5.74, 6) is 6.02. The highest BCUT2D eigenvalue weighted by Gasteiger charge is 2.22. The van der Waals surface area contributed by atoms with Gasteiger partial charge in [0.15, 0.2) is 5.60 Å². The zero-order valence-corrected chi connectivity index (χ0v) is 15.5. The molecule has 0 saturated carbocycles. The fourth-order valence-electron chi connectivity index (χ4n) is 2.53. The van der Waals surface area contributed by atoms with Gasteiger partial charge in [-0.1, -0.05) is 102 Å². The summed E-state index contributed by atoms with van der Waals surface area (Å²) in [7, 11) is 0. The van der Waals surface area contributed by atoms with E-state index in [1.54, 1.807) is 18.2 Å². The van der Waals surface area contributed by atoms with Crippen LogP contribution in [0.15, 0.2) is 103 Å². The van der Waals surface area contributed by atoms with Gasteiger partial charge in [-0.25, -0.2) is 0 Å². The van der Waals surface area contributed by atoms with Crippen LogP contribution in [0.25, 0.3) is 6.08 Å². The molecule has 0 heterocycles. The number of hydrogen-bond donors (Lipinski definition) is 1. The predicted octanol–water partition coefficient (Wildman–Crippen LogP) is 5.85. The van der Waals surface area contributed by atoms with E-state index >= 15 is 0 Å². The van der Waals surface area contributed by atoms with Gasteiger partial charge in [-0.2, -0.15) is 0 Å². The first-order chi connectivity index (χ1) is 13.2. The Morgan fingerprint density at radius 1 is 0.778 bits per heavy atom. The smallest absolute Gasteiger partial charge is 0.170 e. The van der Waals surface area contributed by atoms with Gasteiger partial charge in [-0.3, -0.25) is 0 Å². The standard InChI is InChI=1S/C25H19ClO/c26-24-16-14-22(15-17-24)18-20-25(27,23-12-5-2-6-13-23)19-8-7-11-21-9-3-1-4-10-21/h1-17,19,27H/b11-7+,19-8+. The van der Waals surface area contributed by atoms with E-state index in [4.69, 9.17) is 11.6 Å². The molecule has 27 heavy (non-hydrogen) atoms. The molecule has 2 heteroatoms. The second kappa shape index (κ2) is 9.05. The van der Waals surface area contributed by atoms with Gasteiger partial charge in [0.05, 0.1) is 0 Å². The van der Waals surface area contributed by atoms with E-state index in [0.29, 0.717) is 5.02 Å². The van der Waals surface area contributed by atoms with Crippen LogP contribution in [0.3, 0.4) is 0 Å². The molecule has 0 amide bonds. The molecule has 3 rings (SSSR count). The number of rotatable bonds is 4. The molecule has 0 aromatic heterocycles. The Morgan fingerprint density at radius 2 is 1.41 bits per heavy atom. The summed E-state index contributed by atoms with van der Waals surface area (Å²) >= 11 is 5.92. The summed E-state index contributed by atoms with van der Waals surface area (Å²) in [6, 6.07) is 26.6. The number of benzene rings is 3. The lowest BCUT2D eigenvalue weighted by atomic mass is 9.93. The summed E-state index contributed by atoms with van der Waals surface area (Å²) in [5.41, 5.74) is 1.22. The maximum atomic E-state index is 11.2. The van der Waals surface area contributed by atoms with Crippen LogP contribution in [0.2, 0.25) is 5.02 Å². The fourth-order valence-corrected chi connectivity index (χ4v) is 2.65. The molecule has 3 aromatic rings. The molecule has 1 N–H and O–H groups in total. The van der Waals surface area contributed by atoms with Crippen molar-refractivity contribution in [3.63, 3.8) is 0 Å². The molecular weight excluding hydrogens is 352 g/mol. The largest absolute Gasteiger partial charge is 0.370 e. The summed E-state index contributed by atoms with van der Waals surface area (Å²) in [5, 5.41) is 11.8. The molecule has 0 bridgehead atoms. The monoisotopic (exact) mass is 370 g/mol. The zero-order valence-electron chi connectivity index (χ0n) is 14.7. The number of halogens is 1. The minimum absolute atomic E-state index is 0.657. The van der Waals surface area contributed by atoms with Crippen LogP contribution in [0.5, 0.6) is 0 Å². The van der Waals surface area contributed by atoms with E-state index in [2.05, 4.69) is 11.8 Å². The molecule has 1 nitrogen and oxygen atoms in total. The van der Waals surface area contributed by atoms with Crippen LogP contribution >= 0.6 is 11.6 Å². The van der Waals surface area contributed by atoms with Crippen molar-refractivity contribution in [2.45, 2.75) is 5.60 Å². The third-order valence-corrected chi connectivity index (χ3v) is 4.24. The Labute approximate surface area is 165 Å². The number of hydrogen-bond acceptors (Lipinski definition) is 1. The number of allylic oxidation sites excluding steroid dienone is 2.